The van der Waals surface area contributed by atoms with Crippen LogP contribution in [0.1, 0.15) is 0 Å². The number of benzene rings is 1. The van der Waals surface area contributed by atoms with Crippen molar-refractivity contribution in [2.75, 3.05) is 25.6 Å². The molecule has 0 unspecified atom stereocenters. The Kier molecular flexibility index (Phi) is 4.43. The second kappa shape index (κ2) is 5.87. The molecule has 0 aromatic heterocycles. The lowest BCUT2D eigenvalue weighted by molar-refractivity contribution is 0.244. The minimum absolute atomic E-state index is 0.0840. The first kappa shape index (κ1) is 11.3. The zero-order valence-corrected chi connectivity index (χ0v) is 8.49. The van der Waals surface area contributed by atoms with Gasteiger partial charge in [-0.2, -0.15) is 0 Å². The third-order valence-electron chi connectivity index (χ3n) is 1.75. The number of amides is 2. The van der Waals surface area contributed by atoms with Crippen molar-refractivity contribution < 1.29 is 14.6 Å². The molecule has 3 N–H and O–H groups in total. The highest BCUT2D eigenvalue weighted by molar-refractivity contribution is 5.90. The summed E-state index contributed by atoms with van der Waals surface area (Å²) in [6.07, 6.45) is 0. The molecule has 0 atom stereocenters. The molecule has 5 nitrogen and oxygen atoms in total. The van der Waals surface area contributed by atoms with Gasteiger partial charge in [-0.05, 0) is 12.1 Å². The third-order valence-corrected chi connectivity index (χ3v) is 1.75. The third kappa shape index (κ3) is 3.47. The summed E-state index contributed by atoms with van der Waals surface area (Å²) in [6.45, 7) is 0.139. The molecule has 1 rings (SSSR count). The molecule has 0 aliphatic heterocycles. The topological polar surface area (TPSA) is 70.6 Å². The van der Waals surface area contributed by atoms with E-state index in [0.29, 0.717) is 11.4 Å². The van der Waals surface area contributed by atoms with Gasteiger partial charge in [-0.3, -0.25) is 0 Å². The van der Waals surface area contributed by atoms with Crippen molar-refractivity contribution in [1.29, 1.82) is 0 Å². The van der Waals surface area contributed by atoms with Crippen LogP contribution in [0.4, 0.5) is 10.5 Å². The van der Waals surface area contributed by atoms with E-state index in [-0.39, 0.29) is 19.2 Å². The molecule has 0 radical (unpaired) electrons. The zero-order valence-electron chi connectivity index (χ0n) is 8.49. The maximum atomic E-state index is 11.3. The first-order valence-corrected chi connectivity index (χ1v) is 4.56. The van der Waals surface area contributed by atoms with Crippen LogP contribution in [0.25, 0.3) is 0 Å². The molecule has 1 aromatic carbocycles. The Labute approximate surface area is 88.1 Å². The molecule has 0 aliphatic carbocycles. The van der Waals surface area contributed by atoms with Gasteiger partial charge in [0.15, 0.2) is 0 Å². The van der Waals surface area contributed by atoms with Crippen LogP contribution in [0.2, 0.25) is 0 Å². The van der Waals surface area contributed by atoms with Gasteiger partial charge in [0, 0.05) is 6.54 Å². The van der Waals surface area contributed by atoms with Crippen LogP contribution >= 0.6 is 0 Å². The number of anilines is 1. The van der Waals surface area contributed by atoms with Gasteiger partial charge in [0.2, 0.25) is 0 Å². The van der Waals surface area contributed by atoms with E-state index in [9.17, 15) is 4.79 Å². The molecule has 0 heterocycles. The number of nitrogens with one attached hydrogen (secondary N) is 2. The number of para-hydroxylation sites is 2. The van der Waals surface area contributed by atoms with Gasteiger partial charge in [-0.25, -0.2) is 4.79 Å². The average Bonchev–Trinajstić information content (AvgIpc) is 2.27. The molecule has 2 amide bonds. The molecule has 0 spiro atoms. The Balaban J connectivity index is 2.59. The van der Waals surface area contributed by atoms with Crippen molar-refractivity contribution in [3.8, 4) is 5.75 Å². The summed E-state index contributed by atoms with van der Waals surface area (Å²) >= 11 is 0. The number of ether oxygens (including phenoxy) is 1. The quantitative estimate of drug-likeness (QED) is 0.688. The lowest BCUT2D eigenvalue weighted by atomic mass is 10.3. The molecule has 0 saturated heterocycles. The second-order valence-electron chi connectivity index (χ2n) is 2.80. The number of rotatable bonds is 4. The van der Waals surface area contributed by atoms with Gasteiger partial charge >= 0.3 is 6.03 Å². The molecule has 0 bridgehead atoms. The van der Waals surface area contributed by atoms with Crippen LogP contribution in [0.15, 0.2) is 24.3 Å². The van der Waals surface area contributed by atoms with Crippen LogP contribution in [0, 0.1) is 0 Å². The van der Waals surface area contributed by atoms with Gasteiger partial charge in [-0.15, -0.1) is 0 Å². The number of aliphatic hydroxyl groups is 1. The first-order chi connectivity index (χ1) is 7.27. The predicted molar refractivity (Wildman–Crippen MR) is 57.1 cm³/mol. The van der Waals surface area contributed by atoms with E-state index in [2.05, 4.69) is 10.6 Å². The van der Waals surface area contributed by atoms with Crippen molar-refractivity contribution >= 4 is 11.7 Å². The fraction of sp³-hybridized carbons (Fsp3) is 0.300. The summed E-state index contributed by atoms with van der Waals surface area (Å²) in [5.74, 6) is 0.594. The van der Waals surface area contributed by atoms with E-state index in [1.165, 1.54) is 7.11 Å². The highest BCUT2D eigenvalue weighted by Gasteiger charge is 2.04. The van der Waals surface area contributed by atoms with Gasteiger partial charge in [0.1, 0.15) is 5.75 Å². The Morgan fingerprint density at radius 2 is 2.20 bits per heavy atom. The van der Waals surface area contributed by atoms with Gasteiger partial charge in [0.05, 0.1) is 19.4 Å². The lowest BCUT2D eigenvalue weighted by Crippen LogP contribution is -2.31. The number of methoxy groups -OCH3 is 1. The standard InChI is InChI=1S/C10H14N2O3/c1-15-9-5-3-2-4-8(9)12-10(14)11-6-7-13/h2-5,13H,6-7H2,1H3,(H2,11,12,14). The molecule has 82 valence electrons. The van der Waals surface area contributed by atoms with Crippen LogP contribution in [0.3, 0.4) is 0 Å². The lowest BCUT2D eigenvalue weighted by Gasteiger charge is -2.09. The van der Waals surface area contributed by atoms with Gasteiger partial charge < -0.3 is 20.5 Å². The summed E-state index contributed by atoms with van der Waals surface area (Å²) < 4.78 is 5.06. The predicted octanol–water partition coefficient (Wildman–Crippen LogP) is 0.809. The van der Waals surface area contributed by atoms with Crippen LogP contribution in [-0.2, 0) is 0 Å². The highest BCUT2D eigenvalue weighted by atomic mass is 16.5. The maximum absolute atomic E-state index is 11.3. The van der Waals surface area contributed by atoms with Crippen LogP contribution in [-0.4, -0.2) is 31.4 Å². The van der Waals surface area contributed by atoms with Crippen molar-refractivity contribution in [2.24, 2.45) is 0 Å². The van der Waals surface area contributed by atoms with Crippen molar-refractivity contribution in [2.45, 2.75) is 0 Å². The average molecular weight is 210 g/mol. The Morgan fingerprint density at radius 1 is 1.47 bits per heavy atom. The molecule has 0 fully saturated rings. The van der Waals surface area contributed by atoms with E-state index in [1.54, 1.807) is 18.2 Å². The smallest absolute Gasteiger partial charge is 0.319 e. The normalized spacial score (nSPS) is 9.47. The van der Waals surface area contributed by atoms with E-state index in [1.807, 2.05) is 6.07 Å². The van der Waals surface area contributed by atoms with Crippen molar-refractivity contribution in [3.05, 3.63) is 24.3 Å². The van der Waals surface area contributed by atoms with Gasteiger partial charge in [-0.1, -0.05) is 12.1 Å². The summed E-state index contributed by atoms with van der Waals surface area (Å²) in [6, 6.07) is 6.73. The van der Waals surface area contributed by atoms with Crippen molar-refractivity contribution in [1.82, 2.24) is 5.32 Å². The fourth-order valence-electron chi connectivity index (χ4n) is 1.08. The number of urea groups is 1. The SMILES string of the molecule is COc1ccccc1NC(=O)NCCO. The number of hydrogen-bond acceptors (Lipinski definition) is 3. The largest absolute Gasteiger partial charge is 0.495 e. The number of aliphatic hydroxyl groups excluding tert-OH is 1. The minimum Gasteiger partial charge on any atom is -0.495 e. The Morgan fingerprint density at radius 3 is 2.87 bits per heavy atom. The summed E-state index contributed by atoms with van der Waals surface area (Å²) in [5.41, 5.74) is 0.593. The number of carbonyl (C=O) groups is 1. The molecule has 0 aliphatic rings. The molecule has 5 heteroatoms. The molecular weight excluding hydrogens is 196 g/mol. The Bertz CT molecular complexity index is 328. The summed E-state index contributed by atoms with van der Waals surface area (Å²) in [4.78, 5) is 11.3. The van der Waals surface area contributed by atoms with Gasteiger partial charge in [0.25, 0.3) is 0 Å². The highest BCUT2D eigenvalue weighted by Crippen LogP contribution is 2.22. The molecule has 15 heavy (non-hydrogen) atoms. The fourth-order valence-corrected chi connectivity index (χ4v) is 1.08. The van der Waals surface area contributed by atoms with E-state index in [4.69, 9.17) is 9.84 Å². The number of hydrogen-bond donors (Lipinski definition) is 3. The number of carbonyl (C=O) groups excluding carboxylic acids is 1. The summed E-state index contributed by atoms with van der Waals surface area (Å²) in [7, 11) is 1.53. The van der Waals surface area contributed by atoms with E-state index >= 15 is 0 Å². The van der Waals surface area contributed by atoms with E-state index in [0.717, 1.165) is 0 Å². The second-order valence-corrected chi connectivity index (χ2v) is 2.80. The molecule has 1 aromatic rings. The first-order valence-electron chi connectivity index (χ1n) is 4.56. The van der Waals surface area contributed by atoms with Crippen molar-refractivity contribution in [3.63, 3.8) is 0 Å². The minimum atomic E-state index is -0.367. The van der Waals surface area contributed by atoms with Crippen LogP contribution in [0.5, 0.6) is 5.75 Å². The molecule has 0 saturated carbocycles. The summed E-state index contributed by atoms with van der Waals surface area (Å²) in [5, 5.41) is 13.6. The molecular formula is C10H14N2O3. The zero-order chi connectivity index (χ0) is 11.1. The Hall–Kier alpha value is -1.75. The monoisotopic (exact) mass is 210 g/mol. The van der Waals surface area contributed by atoms with E-state index < -0.39 is 0 Å². The van der Waals surface area contributed by atoms with Crippen LogP contribution < -0.4 is 15.4 Å². The maximum Gasteiger partial charge on any atom is 0.319 e.